The molecule has 5 heteroatoms. The van der Waals surface area contributed by atoms with Crippen molar-refractivity contribution in [1.82, 2.24) is 9.80 Å². The highest BCUT2D eigenvalue weighted by Gasteiger charge is 2.40. The van der Waals surface area contributed by atoms with Gasteiger partial charge >= 0.3 is 0 Å². The van der Waals surface area contributed by atoms with E-state index >= 15 is 0 Å². The zero-order valence-corrected chi connectivity index (χ0v) is 12.3. The first-order chi connectivity index (χ1) is 9.56. The minimum Gasteiger partial charge on any atom is -0.339 e. The molecular weight excluding hydrogens is 254 g/mol. The average Bonchev–Trinajstić information content (AvgIpc) is 2.82. The van der Waals surface area contributed by atoms with E-state index in [4.69, 9.17) is 5.73 Å². The van der Waals surface area contributed by atoms with Gasteiger partial charge < -0.3 is 15.5 Å². The molecule has 0 aromatic rings. The molecule has 0 spiro atoms. The molecule has 1 saturated carbocycles. The van der Waals surface area contributed by atoms with Crippen LogP contribution in [0.4, 0.5) is 0 Å². The van der Waals surface area contributed by atoms with E-state index in [1.54, 1.807) is 0 Å². The van der Waals surface area contributed by atoms with Crippen molar-refractivity contribution in [2.75, 3.05) is 19.6 Å². The van der Waals surface area contributed by atoms with Gasteiger partial charge in [0.2, 0.25) is 11.8 Å². The van der Waals surface area contributed by atoms with Gasteiger partial charge in [-0.1, -0.05) is 6.92 Å². The summed E-state index contributed by atoms with van der Waals surface area (Å²) < 4.78 is 0. The van der Waals surface area contributed by atoms with E-state index in [1.165, 1.54) is 0 Å². The lowest BCUT2D eigenvalue weighted by Crippen LogP contribution is -2.55. The third kappa shape index (κ3) is 2.43. The summed E-state index contributed by atoms with van der Waals surface area (Å²) in [4.78, 5) is 28.4. The minimum atomic E-state index is 0.0856. The molecule has 1 aliphatic carbocycles. The molecule has 0 aromatic heterocycles. The smallest absolute Gasteiger partial charge is 0.226 e. The molecule has 112 valence electrons. The van der Waals surface area contributed by atoms with Crippen molar-refractivity contribution in [3.8, 4) is 0 Å². The standard InChI is InChI=1S/C15H25N3O2/c1-10-2-3-11(16)8-13(10)15(20)17-6-7-18-12(9-17)4-5-14(18)19/h10-13H,2-9,16H2,1H3. The number of carbonyl (C=O) groups is 2. The molecular formula is C15H25N3O2. The SMILES string of the molecule is CC1CCC(N)CC1C(=O)N1CCN2C(=O)CCC2C1. The molecule has 2 saturated heterocycles. The van der Waals surface area contributed by atoms with Crippen LogP contribution in [0, 0.1) is 11.8 Å². The van der Waals surface area contributed by atoms with Crippen molar-refractivity contribution in [3.05, 3.63) is 0 Å². The van der Waals surface area contributed by atoms with Gasteiger partial charge in [0.25, 0.3) is 0 Å². The van der Waals surface area contributed by atoms with E-state index in [9.17, 15) is 9.59 Å². The summed E-state index contributed by atoms with van der Waals surface area (Å²) in [5.74, 6) is 1.05. The molecule has 0 bridgehead atoms. The Hall–Kier alpha value is -1.10. The number of hydrogen-bond donors (Lipinski definition) is 1. The zero-order valence-electron chi connectivity index (χ0n) is 12.3. The average molecular weight is 279 g/mol. The number of rotatable bonds is 1. The topological polar surface area (TPSA) is 66.6 Å². The van der Waals surface area contributed by atoms with Gasteiger partial charge in [-0.3, -0.25) is 9.59 Å². The molecule has 20 heavy (non-hydrogen) atoms. The van der Waals surface area contributed by atoms with Gasteiger partial charge in [-0.2, -0.15) is 0 Å². The van der Waals surface area contributed by atoms with Crippen LogP contribution in [-0.2, 0) is 9.59 Å². The zero-order chi connectivity index (χ0) is 14.3. The van der Waals surface area contributed by atoms with Crippen LogP contribution >= 0.6 is 0 Å². The summed E-state index contributed by atoms with van der Waals surface area (Å²) in [6.07, 6.45) is 4.47. The molecule has 2 N–H and O–H groups in total. The number of amides is 2. The summed E-state index contributed by atoms with van der Waals surface area (Å²) in [7, 11) is 0. The number of nitrogens with zero attached hydrogens (tertiary/aromatic N) is 2. The van der Waals surface area contributed by atoms with Gasteiger partial charge in [0, 0.05) is 44.1 Å². The summed E-state index contributed by atoms with van der Waals surface area (Å²) in [5.41, 5.74) is 6.03. The number of carbonyl (C=O) groups excluding carboxylic acids is 2. The summed E-state index contributed by atoms with van der Waals surface area (Å²) in [6, 6.07) is 0.433. The molecule has 3 rings (SSSR count). The number of hydrogen-bond acceptors (Lipinski definition) is 3. The van der Waals surface area contributed by atoms with E-state index in [0.29, 0.717) is 25.4 Å². The number of nitrogens with two attached hydrogens (primary N) is 1. The molecule has 5 nitrogen and oxygen atoms in total. The Kier molecular flexibility index (Phi) is 3.71. The monoisotopic (exact) mass is 279 g/mol. The largest absolute Gasteiger partial charge is 0.339 e. The number of fused-ring (bicyclic) bond motifs is 1. The molecule has 3 aliphatic rings. The van der Waals surface area contributed by atoms with Gasteiger partial charge in [-0.25, -0.2) is 0 Å². The first kappa shape index (κ1) is 13.9. The Morgan fingerprint density at radius 1 is 1.25 bits per heavy atom. The molecule has 2 heterocycles. The van der Waals surface area contributed by atoms with Crippen molar-refractivity contribution in [3.63, 3.8) is 0 Å². The van der Waals surface area contributed by atoms with E-state index in [2.05, 4.69) is 6.92 Å². The van der Waals surface area contributed by atoms with Crippen LogP contribution in [-0.4, -0.2) is 53.3 Å². The molecule has 3 fully saturated rings. The van der Waals surface area contributed by atoms with Crippen LogP contribution < -0.4 is 5.73 Å². The molecule has 0 radical (unpaired) electrons. The lowest BCUT2D eigenvalue weighted by Gasteiger charge is -2.41. The predicted molar refractivity (Wildman–Crippen MR) is 75.8 cm³/mol. The van der Waals surface area contributed by atoms with Crippen LogP contribution in [0.2, 0.25) is 0 Å². The van der Waals surface area contributed by atoms with Crippen LogP contribution in [0.1, 0.15) is 39.0 Å². The van der Waals surface area contributed by atoms with Crippen molar-refractivity contribution >= 4 is 11.8 Å². The molecule has 4 unspecified atom stereocenters. The Balaban J connectivity index is 1.64. The molecule has 2 aliphatic heterocycles. The quantitative estimate of drug-likeness (QED) is 0.763. The second kappa shape index (κ2) is 5.35. The molecule has 4 atom stereocenters. The molecule has 0 aromatic carbocycles. The van der Waals surface area contributed by atoms with Crippen LogP contribution in [0.5, 0.6) is 0 Å². The van der Waals surface area contributed by atoms with Gasteiger partial charge in [-0.05, 0) is 31.6 Å². The third-order valence-corrected chi connectivity index (χ3v) is 5.36. The van der Waals surface area contributed by atoms with E-state index in [-0.39, 0.29) is 29.8 Å². The Morgan fingerprint density at radius 2 is 2.05 bits per heavy atom. The first-order valence-electron chi connectivity index (χ1n) is 7.90. The fourth-order valence-electron chi connectivity index (χ4n) is 4.00. The lowest BCUT2D eigenvalue weighted by atomic mass is 9.77. The maximum atomic E-state index is 12.7. The van der Waals surface area contributed by atoms with Crippen molar-refractivity contribution in [2.45, 2.75) is 51.1 Å². The normalized spacial score (nSPS) is 38.0. The van der Waals surface area contributed by atoms with Crippen LogP contribution in [0.25, 0.3) is 0 Å². The van der Waals surface area contributed by atoms with Crippen molar-refractivity contribution in [1.29, 1.82) is 0 Å². The first-order valence-corrected chi connectivity index (χ1v) is 7.90. The van der Waals surface area contributed by atoms with Crippen molar-refractivity contribution < 1.29 is 9.59 Å². The fraction of sp³-hybridized carbons (Fsp3) is 0.867. The van der Waals surface area contributed by atoms with E-state index < -0.39 is 0 Å². The highest BCUT2D eigenvalue weighted by atomic mass is 16.2. The number of piperazine rings is 1. The molecule has 2 amide bonds. The fourth-order valence-corrected chi connectivity index (χ4v) is 4.00. The maximum Gasteiger partial charge on any atom is 0.226 e. The van der Waals surface area contributed by atoms with E-state index in [0.717, 1.165) is 32.2 Å². The third-order valence-electron chi connectivity index (χ3n) is 5.36. The van der Waals surface area contributed by atoms with E-state index in [1.807, 2.05) is 9.80 Å². The summed E-state index contributed by atoms with van der Waals surface area (Å²) in [5, 5.41) is 0. The maximum absolute atomic E-state index is 12.7. The lowest BCUT2D eigenvalue weighted by molar-refractivity contribution is -0.144. The van der Waals surface area contributed by atoms with Crippen LogP contribution in [0.15, 0.2) is 0 Å². The minimum absolute atomic E-state index is 0.0856. The Labute approximate surface area is 120 Å². The van der Waals surface area contributed by atoms with Crippen molar-refractivity contribution in [2.24, 2.45) is 17.6 Å². The van der Waals surface area contributed by atoms with Gasteiger partial charge in [0.1, 0.15) is 0 Å². The van der Waals surface area contributed by atoms with Crippen LogP contribution in [0.3, 0.4) is 0 Å². The van der Waals surface area contributed by atoms with Gasteiger partial charge in [0.15, 0.2) is 0 Å². The highest BCUT2D eigenvalue weighted by molar-refractivity contribution is 5.81. The second-order valence-electron chi connectivity index (χ2n) is 6.72. The van der Waals surface area contributed by atoms with Gasteiger partial charge in [-0.15, -0.1) is 0 Å². The Morgan fingerprint density at radius 3 is 2.85 bits per heavy atom. The Bertz CT molecular complexity index is 412. The summed E-state index contributed by atoms with van der Waals surface area (Å²) >= 11 is 0. The summed E-state index contributed by atoms with van der Waals surface area (Å²) in [6.45, 7) is 4.30. The highest BCUT2D eigenvalue weighted by Crippen LogP contribution is 2.32. The second-order valence-corrected chi connectivity index (χ2v) is 6.72. The van der Waals surface area contributed by atoms with Gasteiger partial charge in [0.05, 0.1) is 0 Å². The predicted octanol–water partition coefficient (Wildman–Crippen LogP) is 0.583.